The molecule has 3 heteroatoms. The van der Waals surface area contributed by atoms with E-state index < -0.39 is 0 Å². The molecule has 0 aromatic rings. The Morgan fingerprint density at radius 3 is 3.06 bits per heavy atom. The van der Waals surface area contributed by atoms with Crippen LogP contribution in [0.15, 0.2) is 36.0 Å². The number of hydrogen-bond acceptors (Lipinski definition) is 2. The van der Waals surface area contributed by atoms with Gasteiger partial charge in [0.05, 0.1) is 0 Å². The van der Waals surface area contributed by atoms with Crippen molar-refractivity contribution in [3.63, 3.8) is 0 Å². The zero-order valence-corrected chi connectivity index (χ0v) is 9.78. The van der Waals surface area contributed by atoms with E-state index in [-0.39, 0.29) is 11.9 Å². The third-order valence-corrected chi connectivity index (χ3v) is 2.52. The first kappa shape index (κ1) is 12.7. The van der Waals surface area contributed by atoms with E-state index in [1.165, 1.54) is 12.5 Å². The van der Waals surface area contributed by atoms with Gasteiger partial charge in [-0.05, 0) is 19.3 Å². The Labute approximate surface area is 97.1 Å². The van der Waals surface area contributed by atoms with Crippen LogP contribution in [0, 0.1) is 0 Å². The minimum atomic E-state index is -0.0185. The molecular formula is C13H20N2O. The molecule has 0 spiro atoms. The highest BCUT2D eigenvalue weighted by molar-refractivity contribution is 5.72. The summed E-state index contributed by atoms with van der Waals surface area (Å²) in [6, 6.07) is 0.0426. The molecule has 1 rings (SSSR count). The highest BCUT2D eigenvalue weighted by atomic mass is 16.1. The van der Waals surface area contributed by atoms with Gasteiger partial charge in [0.1, 0.15) is 0 Å². The molecular weight excluding hydrogens is 200 g/mol. The lowest BCUT2D eigenvalue weighted by Crippen LogP contribution is -2.36. The van der Waals surface area contributed by atoms with Crippen molar-refractivity contribution >= 4 is 5.91 Å². The Kier molecular flexibility index (Phi) is 5.57. The van der Waals surface area contributed by atoms with Crippen molar-refractivity contribution < 1.29 is 4.79 Å². The highest BCUT2D eigenvalue weighted by Crippen LogP contribution is 2.14. The monoisotopic (exact) mass is 220 g/mol. The molecule has 1 atom stereocenters. The standard InChI is InChI=1S/C13H20N2O/c1-11(16)15-10-13(14)9-8-12-6-4-2-3-5-7-12/h2-6,13H,7-10,14H2,1H3,(H,15,16). The average Bonchev–Trinajstić information content (AvgIpc) is 2.51. The molecule has 0 saturated carbocycles. The lowest BCUT2D eigenvalue weighted by Gasteiger charge is -2.12. The topological polar surface area (TPSA) is 55.1 Å². The van der Waals surface area contributed by atoms with Crippen LogP contribution in [-0.2, 0) is 4.79 Å². The van der Waals surface area contributed by atoms with Gasteiger partial charge in [-0.2, -0.15) is 0 Å². The van der Waals surface area contributed by atoms with Crippen molar-refractivity contribution in [1.29, 1.82) is 0 Å². The Morgan fingerprint density at radius 2 is 2.31 bits per heavy atom. The van der Waals surface area contributed by atoms with Crippen LogP contribution in [0.3, 0.4) is 0 Å². The molecule has 1 aliphatic rings. The molecule has 0 aliphatic heterocycles. The fourth-order valence-electron chi connectivity index (χ4n) is 1.55. The van der Waals surface area contributed by atoms with Crippen LogP contribution >= 0.6 is 0 Å². The van der Waals surface area contributed by atoms with Crippen LogP contribution in [0.25, 0.3) is 0 Å². The Balaban J connectivity index is 2.23. The van der Waals surface area contributed by atoms with E-state index in [0.29, 0.717) is 6.54 Å². The number of amides is 1. The van der Waals surface area contributed by atoms with Crippen LogP contribution in [0.1, 0.15) is 26.2 Å². The van der Waals surface area contributed by atoms with Gasteiger partial charge >= 0.3 is 0 Å². The lowest BCUT2D eigenvalue weighted by atomic mass is 10.0. The van der Waals surface area contributed by atoms with Gasteiger partial charge in [0.25, 0.3) is 0 Å². The zero-order chi connectivity index (χ0) is 11.8. The van der Waals surface area contributed by atoms with Crippen LogP contribution in [0.4, 0.5) is 0 Å². The molecule has 1 unspecified atom stereocenters. The van der Waals surface area contributed by atoms with Crippen molar-refractivity contribution in [2.75, 3.05) is 6.54 Å². The molecule has 1 aliphatic carbocycles. The van der Waals surface area contributed by atoms with E-state index in [9.17, 15) is 4.79 Å². The van der Waals surface area contributed by atoms with Crippen molar-refractivity contribution in [2.45, 2.75) is 32.2 Å². The Hall–Kier alpha value is -1.35. The number of carbonyl (C=O) groups is 1. The van der Waals surface area contributed by atoms with Gasteiger partial charge < -0.3 is 11.1 Å². The summed E-state index contributed by atoms with van der Waals surface area (Å²) in [7, 11) is 0. The molecule has 0 heterocycles. The molecule has 88 valence electrons. The van der Waals surface area contributed by atoms with Crippen molar-refractivity contribution in [3.05, 3.63) is 36.0 Å². The lowest BCUT2D eigenvalue weighted by molar-refractivity contribution is -0.119. The number of nitrogens with one attached hydrogen (secondary N) is 1. The average molecular weight is 220 g/mol. The quantitative estimate of drug-likeness (QED) is 0.740. The molecule has 0 aromatic carbocycles. The second-order valence-corrected chi connectivity index (χ2v) is 4.08. The van der Waals surface area contributed by atoms with E-state index in [1.807, 2.05) is 6.08 Å². The van der Waals surface area contributed by atoms with Crippen molar-refractivity contribution in [1.82, 2.24) is 5.32 Å². The predicted octanol–water partition coefficient (Wildman–Crippen LogP) is 1.67. The van der Waals surface area contributed by atoms with Gasteiger partial charge in [-0.15, -0.1) is 0 Å². The van der Waals surface area contributed by atoms with E-state index in [4.69, 9.17) is 5.73 Å². The maximum Gasteiger partial charge on any atom is 0.216 e. The van der Waals surface area contributed by atoms with Gasteiger partial charge in [-0.3, -0.25) is 4.79 Å². The highest BCUT2D eigenvalue weighted by Gasteiger charge is 2.05. The van der Waals surface area contributed by atoms with Crippen LogP contribution < -0.4 is 11.1 Å². The summed E-state index contributed by atoms with van der Waals surface area (Å²) in [5.41, 5.74) is 7.29. The second-order valence-electron chi connectivity index (χ2n) is 4.08. The van der Waals surface area contributed by atoms with E-state index in [2.05, 4.69) is 29.6 Å². The number of nitrogens with two attached hydrogens (primary N) is 1. The minimum Gasteiger partial charge on any atom is -0.355 e. The summed E-state index contributed by atoms with van der Waals surface area (Å²) >= 11 is 0. The first-order chi connectivity index (χ1) is 7.68. The zero-order valence-electron chi connectivity index (χ0n) is 9.78. The number of hydrogen-bond donors (Lipinski definition) is 2. The number of allylic oxidation sites excluding steroid dienone is 6. The third-order valence-electron chi connectivity index (χ3n) is 2.52. The molecule has 0 aromatic heterocycles. The number of carbonyl (C=O) groups excluding carboxylic acids is 1. The smallest absolute Gasteiger partial charge is 0.216 e. The van der Waals surface area contributed by atoms with Gasteiger partial charge in [0.15, 0.2) is 0 Å². The summed E-state index contributed by atoms with van der Waals surface area (Å²) in [5.74, 6) is -0.0185. The SMILES string of the molecule is CC(=O)NCC(N)CCC1=CC=CC=CC1. The molecule has 0 saturated heterocycles. The molecule has 3 nitrogen and oxygen atoms in total. The fourth-order valence-corrected chi connectivity index (χ4v) is 1.55. The normalized spacial score (nSPS) is 16.5. The second kappa shape index (κ2) is 7.01. The molecule has 0 fully saturated rings. The van der Waals surface area contributed by atoms with Crippen LogP contribution in [0.2, 0.25) is 0 Å². The largest absolute Gasteiger partial charge is 0.355 e. The Morgan fingerprint density at radius 1 is 1.50 bits per heavy atom. The van der Waals surface area contributed by atoms with Crippen LogP contribution in [-0.4, -0.2) is 18.5 Å². The fraction of sp³-hybridized carbons (Fsp3) is 0.462. The first-order valence-corrected chi connectivity index (χ1v) is 5.69. The third kappa shape index (κ3) is 5.51. The summed E-state index contributed by atoms with van der Waals surface area (Å²) in [6.45, 7) is 2.07. The summed E-state index contributed by atoms with van der Waals surface area (Å²) < 4.78 is 0. The molecule has 1 amide bonds. The Bertz CT molecular complexity index is 316. The van der Waals surface area contributed by atoms with Gasteiger partial charge in [-0.1, -0.05) is 36.0 Å². The summed E-state index contributed by atoms with van der Waals surface area (Å²) in [5, 5.41) is 2.73. The maximum atomic E-state index is 10.7. The van der Waals surface area contributed by atoms with E-state index in [1.54, 1.807) is 0 Å². The van der Waals surface area contributed by atoms with Crippen molar-refractivity contribution in [3.8, 4) is 0 Å². The molecule has 16 heavy (non-hydrogen) atoms. The molecule has 0 radical (unpaired) electrons. The summed E-state index contributed by atoms with van der Waals surface area (Å²) in [4.78, 5) is 10.7. The molecule has 3 N–H and O–H groups in total. The van der Waals surface area contributed by atoms with Gasteiger partial charge in [0.2, 0.25) is 5.91 Å². The van der Waals surface area contributed by atoms with Gasteiger partial charge in [-0.25, -0.2) is 0 Å². The number of rotatable bonds is 5. The van der Waals surface area contributed by atoms with Crippen LogP contribution in [0.5, 0.6) is 0 Å². The maximum absolute atomic E-state index is 10.7. The van der Waals surface area contributed by atoms with E-state index in [0.717, 1.165) is 19.3 Å². The van der Waals surface area contributed by atoms with Crippen molar-refractivity contribution in [2.24, 2.45) is 5.73 Å². The minimum absolute atomic E-state index is 0.0185. The molecule has 0 bridgehead atoms. The summed E-state index contributed by atoms with van der Waals surface area (Å²) in [6.07, 6.45) is 13.3. The van der Waals surface area contributed by atoms with Gasteiger partial charge in [0, 0.05) is 19.5 Å². The first-order valence-electron chi connectivity index (χ1n) is 5.69. The predicted molar refractivity (Wildman–Crippen MR) is 66.9 cm³/mol. The van der Waals surface area contributed by atoms with E-state index >= 15 is 0 Å².